The predicted molar refractivity (Wildman–Crippen MR) is 124 cm³/mol. The smallest absolute Gasteiger partial charge is 0.224 e. The molecule has 0 aliphatic heterocycles. The van der Waals surface area contributed by atoms with E-state index in [0.717, 1.165) is 12.1 Å². The molecule has 0 heterocycles. The zero-order valence-electron chi connectivity index (χ0n) is 19.3. The average molecular weight is 388 g/mol. The number of benzene rings is 1. The van der Waals surface area contributed by atoms with E-state index in [-0.39, 0.29) is 5.91 Å². The van der Waals surface area contributed by atoms with Gasteiger partial charge in [0.25, 0.3) is 0 Å². The van der Waals surface area contributed by atoms with Crippen molar-refractivity contribution >= 4 is 11.6 Å². The van der Waals surface area contributed by atoms with Crippen LogP contribution in [0.25, 0.3) is 0 Å². The van der Waals surface area contributed by atoms with E-state index in [1.165, 1.54) is 75.3 Å². The van der Waals surface area contributed by atoms with Gasteiger partial charge in [-0.25, -0.2) is 0 Å². The van der Waals surface area contributed by atoms with E-state index in [9.17, 15) is 4.79 Å². The quantitative estimate of drug-likeness (QED) is 0.300. The van der Waals surface area contributed by atoms with Gasteiger partial charge in [-0.05, 0) is 29.4 Å². The molecule has 1 aromatic rings. The Bertz CT molecular complexity index is 521. The second kappa shape index (κ2) is 14.7. The molecule has 0 atom stereocenters. The van der Waals surface area contributed by atoms with Gasteiger partial charge in [0.1, 0.15) is 0 Å². The Morgan fingerprint density at radius 1 is 0.750 bits per heavy atom. The van der Waals surface area contributed by atoms with Gasteiger partial charge in [-0.1, -0.05) is 117 Å². The van der Waals surface area contributed by atoms with Crippen LogP contribution in [0.2, 0.25) is 0 Å². The summed E-state index contributed by atoms with van der Waals surface area (Å²) in [5.74, 6) is 0.998. The van der Waals surface area contributed by atoms with Crippen molar-refractivity contribution in [3.63, 3.8) is 0 Å². The van der Waals surface area contributed by atoms with Gasteiger partial charge in [-0.3, -0.25) is 4.79 Å². The number of amides is 1. The first kappa shape index (κ1) is 24.7. The second-order valence-electron chi connectivity index (χ2n) is 8.95. The van der Waals surface area contributed by atoms with E-state index in [2.05, 4.69) is 58.1 Å². The van der Waals surface area contributed by atoms with E-state index in [1.807, 2.05) is 0 Å². The molecule has 0 bridgehead atoms. The molecule has 0 aliphatic carbocycles. The Morgan fingerprint density at radius 3 is 1.61 bits per heavy atom. The summed E-state index contributed by atoms with van der Waals surface area (Å²) < 4.78 is 0. The van der Waals surface area contributed by atoms with Gasteiger partial charge < -0.3 is 5.32 Å². The van der Waals surface area contributed by atoms with Gasteiger partial charge in [-0.2, -0.15) is 0 Å². The summed E-state index contributed by atoms with van der Waals surface area (Å²) in [4.78, 5) is 12.5. The Kier molecular flexibility index (Phi) is 12.9. The number of rotatable bonds is 15. The molecule has 28 heavy (non-hydrogen) atoms. The van der Waals surface area contributed by atoms with Crippen molar-refractivity contribution in [1.29, 1.82) is 0 Å². The Morgan fingerprint density at radius 2 is 1.18 bits per heavy atom. The summed E-state index contributed by atoms with van der Waals surface area (Å²) in [5, 5.41) is 3.24. The van der Waals surface area contributed by atoms with Crippen LogP contribution in [-0.4, -0.2) is 5.91 Å². The SMILES string of the molecule is CCCCCCCCCCCCCC(=O)Nc1c(C(C)C)cccc1C(C)C. The summed E-state index contributed by atoms with van der Waals surface area (Å²) >= 11 is 0. The zero-order chi connectivity index (χ0) is 20.8. The van der Waals surface area contributed by atoms with E-state index in [1.54, 1.807) is 0 Å². The Labute approximate surface area is 174 Å². The summed E-state index contributed by atoms with van der Waals surface area (Å²) in [7, 11) is 0. The van der Waals surface area contributed by atoms with Crippen LogP contribution in [0.1, 0.15) is 135 Å². The lowest BCUT2D eigenvalue weighted by Gasteiger charge is -2.20. The Hall–Kier alpha value is -1.31. The fraction of sp³-hybridized carbons (Fsp3) is 0.731. The first-order valence-electron chi connectivity index (χ1n) is 11.9. The normalized spacial score (nSPS) is 11.4. The van der Waals surface area contributed by atoms with Crippen molar-refractivity contribution in [1.82, 2.24) is 0 Å². The summed E-state index contributed by atoms with van der Waals surface area (Å²) in [6.45, 7) is 11.0. The van der Waals surface area contributed by atoms with Gasteiger partial charge >= 0.3 is 0 Å². The molecule has 1 N–H and O–H groups in total. The number of para-hydroxylation sites is 1. The number of nitrogens with one attached hydrogen (secondary N) is 1. The summed E-state index contributed by atoms with van der Waals surface area (Å²) in [5.41, 5.74) is 3.55. The van der Waals surface area contributed by atoms with Crippen LogP contribution in [0.15, 0.2) is 18.2 Å². The maximum absolute atomic E-state index is 12.5. The van der Waals surface area contributed by atoms with Crippen LogP contribution in [0.4, 0.5) is 5.69 Å². The summed E-state index contributed by atoms with van der Waals surface area (Å²) in [6, 6.07) is 6.41. The minimum absolute atomic E-state index is 0.172. The topological polar surface area (TPSA) is 29.1 Å². The average Bonchev–Trinajstić information content (AvgIpc) is 2.65. The zero-order valence-corrected chi connectivity index (χ0v) is 19.3. The third kappa shape index (κ3) is 9.75. The van der Waals surface area contributed by atoms with Crippen molar-refractivity contribution < 1.29 is 4.79 Å². The molecule has 1 aromatic carbocycles. The fourth-order valence-corrected chi connectivity index (χ4v) is 3.85. The summed E-state index contributed by atoms with van der Waals surface area (Å²) in [6.07, 6.45) is 15.1. The number of anilines is 1. The highest BCUT2D eigenvalue weighted by molar-refractivity contribution is 5.92. The number of unbranched alkanes of at least 4 members (excludes halogenated alkanes) is 10. The molecule has 0 unspecified atom stereocenters. The molecule has 1 amide bonds. The molecule has 0 fully saturated rings. The molecule has 1 rings (SSSR count). The van der Waals surface area contributed by atoms with E-state index in [0.29, 0.717) is 18.3 Å². The van der Waals surface area contributed by atoms with Gasteiger partial charge in [0.15, 0.2) is 0 Å². The van der Waals surface area contributed by atoms with Crippen LogP contribution < -0.4 is 5.32 Å². The maximum Gasteiger partial charge on any atom is 0.224 e. The third-order valence-electron chi connectivity index (χ3n) is 5.64. The molecular weight excluding hydrogens is 342 g/mol. The van der Waals surface area contributed by atoms with Gasteiger partial charge in [0.05, 0.1) is 0 Å². The molecule has 2 heteroatoms. The van der Waals surface area contributed by atoms with Crippen LogP contribution in [0.5, 0.6) is 0 Å². The highest BCUT2D eigenvalue weighted by atomic mass is 16.1. The second-order valence-corrected chi connectivity index (χ2v) is 8.95. The number of hydrogen-bond acceptors (Lipinski definition) is 1. The molecule has 0 radical (unpaired) electrons. The van der Waals surface area contributed by atoms with E-state index >= 15 is 0 Å². The first-order chi connectivity index (χ1) is 13.5. The lowest BCUT2D eigenvalue weighted by Crippen LogP contribution is -2.15. The molecule has 0 aromatic heterocycles. The lowest BCUT2D eigenvalue weighted by atomic mass is 9.92. The van der Waals surface area contributed by atoms with Crippen molar-refractivity contribution in [3.05, 3.63) is 29.3 Å². The van der Waals surface area contributed by atoms with Crippen LogP contribution >= 0.6 is 0 Å². The molecule has 2 nitrogen and oxygen atoms in total. The van der Waals surface area contributed by atoms with E-state index < -0.39 is 0 Å². The molecule has 0 saturated carbocycles. The first-order valence-corrected chi connectivity index (χ1v) is 11.9. The van der Waals surface area contributed by atoms with E-state index in [4.69, 9.17) is 0 Å². The standard InChI is InChI=1S/C26H45NO/c1-6-7-8-9-10-11-12-13-14-15-16-20-25(28)27-26-23(21(2)3)18-17-19-24(26)22(4)5/h17-19,21-22H,6-16,20H2,1-5H3,(H,27,28). The predicted octanol–water partition coefficient (Wildman–Crippen LogP) is 8.57. The van der Waals surface area contributed by atoms with Crippen LogP contribution in [0.3, 0.4) is 0 Å². The highest BCUT2D eigenvalue weighted by Crippen LogP contribution is 2.32. The number of hydrogen-bond donors (Lipinski definition) is 1. The van der Waals surface area contributed by atoms with Gasteiger partial charge in [0.2, 0.25) is 5.91 Å². The van der Waals surface area contributed by atoms with Crippen molar-refractivity contribution in [2.24, 2.45) is 0 Å². The molecule has 160 valence electrons. The third-order valence-corrected chi connectivity index (χ3v) is 5.64. The van der Waals surface area contributed by atoms with Crippen molar-refractivity contribution in [3.8, 4) is 0 Å². The monoisotopic (exact) mass is 387 g/mol. The molecule has 0 spiro atoms. The van der Waals surface area contributed by atoms with Crippen LogP contribution in [-0.2, 0) is 4.79 Å². The fourth-order valence-electron chi connectivity index (χ4n) is 3.85. The number of carbonyl (C=O) groups is 1. The largest absolute Gasteiger partial charge is 0.326 e. The van der Waals surface area contributed by atoms with Gasteiger partial charge in [0, 0.05) is 12.1 Å². The minimum atomic E-state index is 0.172. The van der Waals surface area contributed by atoms with Gasteiger partial charge in [-0.15, -0.1) is 0 Å². The highest BCUT2D eigenvalue weighted by Gasteiger charge is 2.15. The Balaban J connectivity index is 2.27. The van der Waals surface area contributed by atoms with Crippen LogP contribution in [0, 0.1) is 0 Å². The molecule has 0 aliphatic rings. The van der Waals surface area contributed by atoms with Crippen molar-refractivity contribution in [2.45, 2.75) is 124 Å². The molecule has 0 saturated heterocycles. The maximum atomic E-state index is 12.5. The molecular formula is C26H45NO. The number of carbonyl (C=O) groups excluding carboxylic acids is 1. The minimum Gasteiger partial charge on any atom is -0.326 e. The lowest BCUT2D eigenvalue weighted by molar-refractivity contribution is -0.116. The van der Waals surface area contributed by atoms with Crippen molar-refractivity contribution in [2.75, 3.05) is 5.32 Å².